The molecule has 0 aliphatic carbocycles. The highest BCUT2D eigenvalue weighted by Gasteiger charge is 2.18. The summed E-state index contributed by atoms with van der Waals surface area (Å²) in [4.78, 5) is 7.86. The summed E-state index contributed by atoms with van der Waals surface area (Å²) < 4.78 is 0. The molecule has 1 unspecified atom stereocenters. The Labute approximate surface area is 112 Å². The summed E-state index contributed by atoms with van der Waals surface area (Å²) in [6.07, 6.45) is 5.54. The third-order valence-corrected chi connectivity index (χ3v) is 3.73. The molecule has 94 valence electrons. The number of aromatic nitrogens is 2. The van der Waals surface area contributed by atoms with Crippen LogP contribution in [0.4, 0.5) is 0 Å². The molecule has 1 atom stereocenters. The Hall–Kier alpha value is -1.32. The smallest absolute Gasteiger partial charge is 0.123 e. The van der Waals surface area contributed by atoms with E-state index in [0.717, 1.165) is 35.1 Å². The van der Waals surface area contributed by atoms with Crippen molar-refractivity contribution in [3.05, 3.63) is 41.3 Å². The second kappa shape index (κ2) is 5.12. The van der Waals surface area contributed by atoms with Gasteiger partial charge in [0, 0.05) is 10.6 Å². The van der Waals surface area contributed by atoms with E-state index in [4.69, 9.17) is 11.6 Å². The second-order valence-corrected chi connectivity index (χ2v) is 5.07. The highest BCUT2D eigenvalue weighted by Crippen LogP contribution is 2.28. The number of hydrogen-bond donors (Lipinski definition) is 2. The lowest BCUT2D eigenvalue weighted by Gasteiger charge is -2.21. The number of nitrogens with zero attached hydrogens (tertiary/aromatic N) is 1. The normalized spacial score (nSPS) is 19.9. The van der Waals surface area contributed by atoms with Gasteiger partial charge in [-0.15, -0.1) is 0 Å². The highest BCUT2D eigenvalue weighted by atomic mass is 35.5. The van der Waals surface area contributed by atoms with Gasteiger partial charge in [-0.2, -0.15) is 0 Å². The summed E-state index contributed by atoms with van der Waals surface area (Å²) in [6, 6.07) is 8.19. The fourth-order valence-electron chi connectivity index (χ4n) is 2.42. The Morgan fingerprint density at radius 2 is 2.11 bits per heavy atom. The molecule has 18 heavy (non-hydrogen) atoms. The van der Waals surface area contributed by atoms with Crippen molar-refractivity contribution in [1.82, 2.24) is 15.3 Å². The van der Waals surface area contributed by atoms with E-state index in [1.165, 1.54) is 12.8 Å². The summed E-state index contributed by atoms with van der Waals surface area (Å²) in [7, 11) is 0. The Bertz CT molecular complexity index is 529. The van der Waals surface area contributed by atoms with Crippen LogP contribution in [0.3, 0.4) is 0 Å². The fourth-order valence-corrected chi connectivity index (χ4v) is 2.65. The van der Waals surface area contributed by atoms with Crippen molar-refractivity contribution in [2.24, 2.45) is 0 Å². The average molecular weight is 262 g/mol. The van der Waals surface area contributed by atoms with Crippen molar-refractivity contribution < 1.29 is 0 Å². The highest BCUT2D eigenvalue weighted by molar-refractivity contribution is 6.33. The molecule has 3 rings (SSSR count). The zero-order valence-corrected chi connectivity index (χ0v) is 10.9. The van der Waals surface area contributed by atoms with Gasteiger partial charge in [0.15, 0.2) is 0 Å². The number of H-pyrrole nitrogens is 1. The fraction of sp³-hybridized carbons (Fsp3) is 0.357. The maximum absolute atomic E-state index is 6.19. The minimum atomic E-state index is 0.356. The monoisotopic (exact) mass is 261 g/mol. The maximum Gasteiger partial charge on any atom is 0.123 e. The predicted octanol–water partition coefficient (Wildman–Crippen LogP) is 3.54. The van der Waals surface area contributed by atoms with Crippen molar-refractivity contribution in [1.29, 1.82) is 0 Å². The van der Waals surface area contributed by atoms with Crippen molar-refractivity contribution in [2.45, 2.75) is 25.3 Å². The number of halogens is 1. The summed E-state index contributed by atoms with van der Waals surface area (Å²) in [6.45, 7) is 1.08. The maximum atomic E-state index is 6.19. The largest absolute Gasteiger partial charge is 0.341 e. The molecule has 2 aromatic rings. The molecular formula is C14H16ClN3. The number of aromatic amines is 1. The van der Waals surface area contributed by atoms with Crippen LogP contribution in [0.5, 0.6) is 0 Å². The van der Waals surface area contributed by atoms with Crippen molar-refractivity contribution in [3.8, 4) is 11.3 Å². The standard InChI is InChI=1S/C14H16ClN3/c15-11-6-2-1-5-10(11)13-9-17-14(18-13)12-7-3-4-8-16-12/h1-2,5-6,9,12,16H,3-4,7-8H2,(H,17,18). The van der Waals surface area contributed by atoms with Gasteiger partial charge in [-0.1, -0.05) is 36.2 Å². The number of rotatable bonds is 2. The molecule has 0 amide bonds. The van der Waals surface area contributed by atoms with Crippen LogP contribution < -0.4 is 5.32 Å². The quantitative estimate of drug-likeness (QED) is 0.868. The Morgan fingerprint density at radius 1 is 1.22 bits per heavy atom. The van der Waals surface area contributed by atoms with Gasteiger partial charge in [-0.3, -0.25) is 0 Å². The van der Waals surface area contributed by atoms with Gasteiger partial charge in [-0.05, 0) is 25.5 Å². The number of nitrogens with one attached hydrogen (secondary N) is 2. The van der Waals surface area contributed by atoms with Gasteiger partial charge in [0.05, 0.1) is 17.9 Å². The van der Waals surface area contributed by atoms with Gasteiger partial charge >= 0.3 is 0 Å². The third kappa shape index (κ3) is 2.28. The first-order valence-electron chi connectivity index (χ1n) is 6.38. The second-order valence-electron chi connectivity index (χ2n) is 4.66. The van der Waals surface area contributed by atoms with E-state index in [0.29, 0.717) is 6.04 Å². The molecule has 0 radical (unpaired) electrons. The van der Waals surface area contributed by atoms with E-state index < -0.39 is 0 Å². The Kier molecular flexibility index (Phi) is 3.35. The molecular weight excluding hydrogens is 246 g/mol. The zero-order chi connectivity index (χ0) is 12.4. The Morgan fingerprint density at radius 3 is 2.89 bits per heavy atom. The average Bonchev–Trinajstić information content (AvgIpc) is 2.90. The lowest BCUT2D eigenvalue weighted by Crippen LogP contribution is -2.27. The summed E-state index contributed by atoms with van der Waals surface area (Å²) >= 11 is 6.19. The molecule has 4 heteroatoms. The topological polar surface area (TPSA) is 40.7 Å². The van der Waals surface area contributed by atoms with Crippen molar-refractivity contribution in [3.63, 3.8) is 0 Å². The van der Waals surface area contributed by atoms with Gasteiger partial charge in [0.25, 0.3) is 0 Å². The molecule has 3 nitrogen and oxygen atoms in total. The van der Waals surface area contributed by atoms with E-state index in [-0.39, 0.29) is 0 Å². The Balaban J connectivity index is 1.87. The number of hydrogen-bond acceptors (Lipinski definition) is 2. The number of imidazole rings is 1. The van der Waals surface area contributed by atoms with Crippen LogP contribution in [-0.2, 0) is 0 Å². The molecule has 1 saturated heterocycles. The molecule has 1 aromatic carbocycles. The van der Waals surface area contributed by atoms with E-state index in [1.54, 1.807) is 0 Å². The van der Waals surface area contributed by atoms with E-state index in [2.05, 4.69) is 15.3 Å². The first-order valence-corrected chi connectivity index (χ1v) is 6.75. The first-order chi connectivity index (χ1) is 8.84. The van der Waals surface area contributed by atoms with E-state index in [9.17, 15) is 0 Å². The van der Waals surface area contributed by atoms with Gasteiger partial charge < -0.3 is 10.3 Å². The minimum Gasteiger partial charge on any atom is -0.341 e. The van der Waals surface area contributed by atoms with Gasteiger partial charge in [-0.25, -0.2) is 4.98 Å². The molecule has 0 spiro atoms. The number of benzene rings is 1. The van der Waals surface area contributed by atoms with Crippen LogP contribution in [0.15, 0.2) is 30.5 Å². The van der Waals surface area contributed by atoms with Gasteiger partial charge in [0.2, 0.25) is 0 Å². The van der Waals surface area contributed by atoms with E-state index >= 15 is 0 Å². The first kappa shape index (κ1) is 11.8. The molecule has 1 aliphatic rings. The van der Waals surface area contributed by atoms with Crippen molar-refractivity contribution in [2.75, 3.05) is 6.54 Å². The molecule has 2 N–H and O–H groups in total. The molecule has 0 saturated carbocycles. The molecule has 1 fully saturated rings. The zero-order valence-electron chi connectivity index (χ0n) is 10.1. The van der Waals surface area contributed by atoms with Crippen LogP contribution in [0.25, 0.3) is 11.3 Å². The van der Waals surface area contributed by atoms with Crippen LogP contribution in [-0.4, -0.2) is 16.5 Å². The minimum absolute atomic E-state index is 0.356. The van der Waals surface area contributed by atoms with Crippen LogP contribution >= 0.6 is 11.6 Å². The molecule has 2 heterocycles. The molecule has 0 bridgehead atoms. The van der Waals surface area contributed by atoms with Crippen molar-refractivity contribution >= 4 is 11.6 Å². The summed E-state index contributed by atoms with van der Waals surface area (Å²) in [5.74, 6) is 1.02. The summed E-state index contributed by atoms with van der Waals surface area (Å²) in [5.41, 5.74) is 2.00. The van der Waals surface area contributed by atoms with Crippen LogP contribution in [0.2, 0.25) is 5.02 Å². The van der Waals surface area contributed by atoms with E-state index in [1.807, 2.05) is 30.5 Å². The lowest BCUT2D eigenvalue weighted by molar-refractivity contribution is 0.399. The summed E-state index contributed by atoms with van der Waals surface area (Å²) in [5, 5.41) is 4.24. The van der Waals surface area contributed by atoms with Gasteiger partial charge in [0.1, 0.15) is 5.82 Å². The third-order valence-electron chi connectivity index (χ3n) is 3.40. The predicted molar refractivity (Wildman–Crippen MR) is 73.6 cm³/mol. The SMILES string of the molecule is Clc1ccccc1-c1cnc(C2CCCCN2)[nH]1. The van der Waals surface area contributed by atoms with Crippen LogP contribution in [0.1, 0.15) is 31.1 Å². The lowest BCUT2D eigenvalue weighted by atomic mass is 10.0. The van der Waals surface area contributed by atoms with Crippen LogP contribution in [0, 0.1) is 0 Å². The molecule has 1 aliphatic heterocycles. The molecule has 1 aromatic heterocycles. The number of piperidine rings is 1.